The molecule has 1 radical (unpaired) electrons. The Balaban J connectivity index is 2.13. The predicted molar refractivity (Wildman–Crippen MR) is 62.7 cm³/mol. The van der Waals surface area contributed by atoms with Gasteiger partial charge in [-0.2, -0.15) is 0 Å². The van der Waals surface area contributed by atoms with Crippen molar-refractivity contribution >= 4 is 11.4 Å². The molecule has 0 amide bonds. The summed E-state index contributed by atoms with van der Waals surface area (Å²) in [5.41, 5.74) is 5.15. The first-order valence-electron chi connectivity index (χ1n) is 5.27. The molecular weight excluding hydrogens is 184 g/mol. The number of nitrogens with zero attached hydrogens (tertiary/aromatic N) is 2. The van der Waals surface area contributed by atoms with Gasteiger partial charge in [-0.3, -0.25) is 5.32 Å². The summed E-state index contributed by atoms with van der Waals surface area (Å²) in [6.07, 6.45) is 7.06. The molecule has 0 aromatic heterocycles. The van der Waals surface area contributed by atoms with E-state index in [0.717, 1.165) is 18.7 Å². The molecule has 2 aliphatic heterocycles. The fourth-order valence-corrected chi connectivity index (χ4v) is 2.31. The summed E-state index contributed by atoms with van der Waals surface area (Å²) in [6.45, 7) is 1.12. The predicted octanol–water partition coefficient (Wildman–Crippen LogP) is 2.15. The SMILES string of the molecule is CN1CCc2cccc(C3=CC=C[N]3)c21. The topological polar surface area (TPSA) is 17.3 Å². The van der Waals surface area contributed by atoms with E-state index in [1.54, 1.807) is 0 Å². The summed E-state index contributed by atoms with van der Waals surface area (Å²) in [4.78, 5) is 2.32. The minimum absolute atomic E-state index is 1.08. The molecule has 0 spiro atoms. The van der Waals surface area contributed by atoms with Crippen molar-refractivity contribution in [3.63, 3.8) is 0 Å². The molecule has 0 unspecified atom stereocenters. The van der Waals surface area contributed by atoms with Gasteiger partial charge in [-0.25, -0.2) is 0 Å². The Morgan fingerprint density at radius 3 is 3.07 bits per heavy atom. The zero-order chi connectivity index (χ0) is 10.3. The zero-order valence-electron chi connectivity index (χ0n) is 8.77. The summed E-state index contributed by atoms with van der Waals surface area (Å²) in [5, 5.41) is 4.37. The van der Waals surface area contributed by atoms with Gasteiger partial charge in [0.1, 0.15) is 0 Å². The Labute approximate surface area is 89.9 Å². The molecular formula is C13H13N2. The van der Waals surface area contributed by atoms with Crippen molar-refractivity contribution in [2.45, 2.75) is 6.42 Å². The van der Waals surface area contributed by atoms with Gasteiger partial charge in [0.25, 0.3) is 0 Å². The van der Waals surface area contributed by atoms with Crippen molar-refractivity contribution < 1.29 is 0 Å². The molecule has 2 nitrogen and oxygen atoms in total. The van der Waals surface area contributed by atoms with E-state index in [0.29, 0.717) is 0 Å². The molecule has 75 valence electrons. The van der Waals surface area contributed by atoms with Crippen LogP contribution < -0.4 is 10.2 Å². The van der Waals surface area contributed by atoms with Crippen LogP contribution in [-0.2, 0) is 6.42 Å². The Hall–Kier alpha value is -1.70. The maximum Gasteiger partial charge on any atom is 0.0723 e. The minimum atomic E-state index is 1.08. The van der Waals surface area contributed by atoms with Crippen molar-refractivity contribution in [2.75, 3.05) is 18.5 Å². The van der Waals surface area contributed by atoms with Gasteiger partial charge in [-0.15, -0.1) is 0 Å². The fourth-order valence-electron chi connectivity index (χ4n) is 2.31. The van der Waals surface area contributed by atoms with Crippen molar-refractivity contribution in [3.05, 3.63) is 47.7 Å². The van der Waals surface area contributed by atoms with Crippen LogP contribution in [0.1, 0.15) is 11.1 Å². The smallest absolute Gasteiger partial charge is 0.0723 e. The first kappa shape index (κ1) is 8.60. The molecule has 0 atom stereocenters. The van der Waals surface area contributed by atoms with Crippen molar-refractivity contribution in [3.8, 4) is 0 Å². The first-order chi connectivity index (χ1) is 7.36. The average molecular weight is 197 g/mol. The second-order valence-electron chi connectivity index (χ2n) is 4.01. The Kier molecular flexibility index (Phi) is 1.81. The van der Waals surface area contributed by atoms with Gasteiger partial charge in [-0.05, 0) is 24.1 Å². The van der Waals surface area contributed by atoms with Crippen LogP contribution in [-0.4, -0.2) is 13.6 Å². The summed E-state index contributed by atoms with van der Waals surface area (Å²) in [5.74, 6) is 0. The largest absolute Gasteiger partial charge is 0.373 e. The molecule has 0 bridgehead atoms. The van der Waals surface area contributed by atoms with E-state index in [2.05, 4.69) is 41.5 Å². The summed E-state index contributed by atoms with van der Waals surface area (Å²) in [6, 6.07) is 6.50. The van der Waals surface area contributed by atoms with Crippen LogP contribution in [0.5, 0.6) is 0 Å². The van der Waals surface area contributed by atoms with Gasteiger partial charge in [0.15, 0.2) is 0 Å². The minimum Gasteiger partial charge on any atom is -0.373 e. The Bertz CT molecular complexity index is 458. The highest BCUT2D eigenvalue weighted by Gasteiger charge is 2.21. The first-order valence-corrected chi connectivity index (χ1v) is 5.27. The van der Waals surface area contributed by atoms with E-state index < -0.39 is 0 Å². The number of anilines is 1. The van der Waals surface area contributed by atoms with E-state index in [9.17, 15) is 0 Å². The number of hydrogen-bond donors (Lipinski definition) is 0. The quantitative estimate of drug-likeness (QED) is 0.674. The monoisotopic (exact) mass is 197 g/mol. The number of rotatable bonds is 1. The molecule has 3 rings (SSSR count). The molecule has 2 aliphatic rings. The normalized spacial score (nSPS) is 17.7. The highest BCUT2D eigenvalue weighted by Crippen LogP contribution is 2.34. The third-order valence-electron chi connectivity index (χ3n) is 3.05. The van der Waals surface area contributed by atoms with E-state index in [1.165, 1.54) is 16.8 Å². The summed E-state index contributed by atoms with van der Waals surface area (Å²) < 4.78 is 0. The fraction of sp³-hybridized carbons (Fsp3) is 0.231. The van der Waals surface area contributed by atoms with Gasteiger partial charge in [0.05, 0.1) is 5.70 Å². The van der Waals surface area contributed by atoms with Crippen LogP contribution in [0.3, 0.4) is 0 Å². The second-order valence-corrected chi connectivity index (χ2v) is 4.01. The standard InChI is InChI=1S/C13H13N2/c1-15-9-7-10-4-2-5-11(13(10)15)12-6-3-8-14-12/h2-6,8H,7,9H2,1H3. The molecule has 0 aliphatic carbocycles. The molecule has 2 heteroatoms. The summed E-state index contributed by atoms with van der Waals surface area (Å²) >= 11 is 0. The summed E-state index contributed by atoms with van der Waals surface area (Å²) in [7, 11) is 2.15. The number of likely N-dealkylation sites (N-methyl/N-ethyl adjacent to an activating group) is 1. The number of benzene rings is 1. The van der Waals surface area contributed by atoms with Gasteiger partial charge in [0.2, 0.25) is 0 Å². The number of para-hydroxylation sites is 1. The van der Waals surface area contributed by atoms with Crippen molar-refractivity contribution in [1.29, 1.82) is 0 Å². The lowest BCUT2D eigenvalue weighted by Crippen LogP contribution is -2.14. The van der Waals surface area contributed by atoms with E-state index in [1.807, 2.05) is 12.3 Å². The van der Waals surface area contributed by atoms with Crippen LogP contribution in [0.15, 0.2) is 36.6 Å². The van der Waals surface area contributed by atoms with Crippen LogP contribution >= 0.6 is 0 Å². The lowest BCUT2D eigenvalue weighted by molar-refractivity contribution is 0.954. The Morgan fingerprint density at radius 1 is 1.33 bits per heavy atom. The third kappa shape index (κ3) is 1.25. The van der Waals surface area contributed by atoms with E-state index >= 15 is 0 Å². The molecule has 1 aromatic rings. The van der Waals surface area contributed by atoms with E-state index in [-0.39, 0.29) is 0 Å². The average Bonchev–Trinajstić information content (AvgIpc) is 2.88. The lowest BCUT2D eigenvalue weighted by Gasteiger charge is -2.16. The lowest BCUT2D eigenvalue weighted by atomic mass is 10.0. The zero-order valence-corrected chi connectivity index (χ0v) is 8.77. The molecule has 0 fully saturated rings. The molecule has 15 heavy (non-hydrogen) atoms. The van der Waals surface area contributed by atoms with Gasteiger partial charge >= 0.3 is 0 Å². The highest BCUT2D eigenvalue weighted by molar-refractivity contribution is 5.81. The van der Waals surface area contributed by atoms with Gasteiger partial charge < -0.3 is 4.90 Å². The van der Waals surface area contributed by atoms with Crippen LogP contribution in [0.4, 0.5) is 5.69 Å². The molecule has 0 saturated carbocycles. The number of fused-ring (bicyclic) bond motifs is 1. The maximum absolute atomic E-state index is 4.37. The van der Waals surface area contributed by atoms with Crippen molar-refractivity contribution in [2.24, 2.45) is 0 Å². The second kappa shape index (κ2) is 3.16. The van der Waals surface area contributed by atoms with Crippen LogP contribution in [0.25, 0.3) is 5.70 Å². The van der Waals surface area contributed by atoms with E-state index in [4.69, 9.17) is 0 Å². The third-order valence-corrected chi connectivity index (χ3v) is 3.05. The molecule has 0 N–H and O–H groups in total. The van der Waals surface area contributed by atoms with Gasteiger partial charge in [-0.1, -0.05) is 18.2 Å². The molecule has 1 aromatic carbocycles. The maximum atomic E-state index is 4.37. The number of hydrogen-bond acceptors (Lipinski definition) is 1. The molecule has 0 saturated heterocycles. The number of allylic oxidation sites excluding steroid dienone is 2. The molecule has 2 heterocycles. The van der Waals surface area contributed by atoms with Crippen LogP contribution in [0, 0.1) is 0 Å². The Morgan fingerprint density at radius 2 is 2.27 bits per heavy atom. The van der Waals surface area contributed by atoms with Gasteiger partial charge in [0, 0.05) is 31.0 Å². The highest BCUT2D eigenvalue weighted by atomic mass is 15.1. The van der Waals surface area contributed by atoms with Crippen LogP contribution in [0.2, 0.25) is 0 Å². The van der Waals surface area contributed by atoms with Crippen molar-refractivity contribution in [1.82, 2.24) is 5.32 Å².